The van der Waals surface area contributed by atoms with Crippen LogP contribution in [0.5, 0.6) is 5.75 Å². The van der Waals surface area contributed by atoms with Crippen molar-refractivity contribution < 1.29 is 32.7 Å². The first-order chi connectivity index (χ1) is 9.69. The number of alkyl halides is 3. The van der Waals surface area contributed by atoms with E-state index in [1.54, 1.807) is 0 Å². The van der Waals surface area contributed by atoms with E-state index < -0.39 is 35.8 Å². The van der Waals surface area contributed by atoms with Crippen LogP contribution in [0.1, 0.15) is 12.0 Å². The highest BCUT2D eigenvalue weighted by atomic mass is 19.4. The smallest absolute Gasteiger partial charge is 0.392 e. The van der Waals surface area contributed by atoms with Crippen molar-refractivity contribution in [3.63, 3.8) is 0 Å². The second-order valence-electron chi connectivity index (χ2n) is 3.87. The number of benzene rings is 1. The minimum atomic E-state index is -4.42. The molecule has 114 valence electrons. The molecule has 0 unspecified atom stereocenters. The summed E-state index contributed by atoms with van der Waals surface area (Å²) in [5.74, 6) is -1.54. The van der Waals surface area contributed by atoms with Crippen LogP contribution in [0.4, 0.5) is 18.9 Å². The minimum absolute atomic E-state index is 0.215. The third-order valence-electron chi connectivity index (χ3n) is 2.24. The summed E-state index contributed by atoms with van der Waals surface area (Å²) in [7, 11) is 0. The Labute approximate surface area is 116 Å². The van der Waals surface area contributed by atoms with E-state index in [9.17, 15) is 28.1 Å². The number of carboxylic acids is 1. The Morgan fingerprint density at radius 2 is 2.10 bits per heavy atom. The van der Waals surface area contributed by atoms with Gasteiger partial charge in [0, 0.05) is 12.1 Å². The van der Waals surface area contributed by atoms with Crippen molar-refractivity contribution in [2.75, 3.05) is 6.61 Å². The lowest BCUT2D eigenvalue weighted by molar-refractivity contribution is -0.385. The van der Waals surface area contributed by atoms with Gasteiger partial charge in [-0.15, -0.1) is 0 Å². The van der Waals surface area contributed by atoms with Gasteiger partial charge in [-0.2, -0.15) is 13.2 Å². The fourth-order valence-corrected chi connectivity index (χ4v) is 1.35. The fraction of sp³-hybridized carbons (Fsp3) is 0.250. The van der Waals surface area contributed by atoms with Crippen LogP contribution in [0, 0.1) is 10.1 Å². The lowest BCUT2D eigenvalue weighted by Gasteiger charge is -2.09. The van der Waals surface area contributed by atoms with E-state index in [0.717, 1.165) is 24.3 Å². The molecule has 0 atom stereocenters. The average Bonchev–Trinajstić information content (AvgIpc) is 2.35. The number of halogens is 3. The van der Waals surface area contributed by atoms with Crippen LogP contribution >= 0.6 is 0 Å². The Hall–Kier alpha value is -2.58. The summed E-state index contributed by atoms with van der Waals surface area (Å²) < 4.78 is 40.7. The van der Waals surface area contributed by atoms with Crippen LogP contribution in [0.3, 0.4) is 0 Å². The maximum atomic E-state index is 12.0. The molecule has 0 aliphatic rings. The number of hydrogen-bond acceptors (Lipinski definition) is 4. The van der Waals surface area contributed by atoms with Gasteiger partial charge >= 0.3 is 17.8 Å². The van der Waals surface area contributed by atoms with Crippen molar-refractivity contribution in [3.8, 4) is 5.75 Å². The summed E-state index contributed by atoms with van der Waals surface area (Å²) in [5.41, 5.74) is -0.322. The van der Waals surface area contributed by atoms with Crippen molar-refractivity contribution >= 4 is 17.7 Å². The predicted octanol–water partition coefficient (Wildman–Crippen LogP) is 3.02. The molecule has 0 aromatic heterocycles. The number of carbonyl (C=O) groups is 1. The molecule has 1 N–H and O–H groups in total. The van der Waals surface area contributed by atoms with E-state index in [0.29, 0.717) is 0 Å². The normalized spacial score (nSPS) is 11.6. The molecule has 0 spiro atoms. The van der Waals surface area contributed by atoms with E-state index in [1.807, 2.05) is 0 Å². The Balaban J connectivity index is 2.89. The van der Waals surface area contributed by atoms with Gasteiger partial charge in [0.1, 0.15) is 0 Å². The second-order valence-corrected chi connectivity index (χ2v) is 3.87. The average molecular weight is 305 g/mol. The zero-order chi connectivity index (χ0) is 16.0. The van der Waals surface area contributed by atoms with Crippen molar-refractivity contribution in [3.05, 3.63) is 40.0 Å². The SMILES string of the molecule is O=C(O)C=Cc1ccc(OCCC(F)(F)F)c([N+](=O)[O-])c1. The number of ether oxygens (including phenoxy) is 1. The Kier molecular flexibility index (Phi) is 5.28. The molecule has 1 aromatic rings. The van der Waals surface area contributed by atoms with Gasteiger partial charge in [-0.05, 0) is 17.7 Å². The number of rotatable bonds is 6. The lowest BCUT2D eigenvalue weighted by atomic mass is 10.1. The lowest BCUT2D eigenvalue weighted by Crippen LogP contribution is -2.13. The third kappa shape index (κ3) is 5.93. The molecule has 0 saturated heterocycles. The highest BCUT2D eigenvalue weighted by molar-refractivity contribution is 5.85. The van der Waals surface area contributed by atoms with Crippen LogP contribution in [-0.2, 0) is 4.79 Å². The van der Waals surface area contributed by atoms with Crippen LogP contribution in [-0.4, -0.2) is 28.8 Å². The first-order valence-corrected chi connectivity index (χ1v) is 5.58. The minimum Gasteiger partial charge on any atom is -0.486 e. The van der Waals surface area contributed by atoms with Crippen molar-refractivity contribution in [1.82, 2.24) is 0 Å². The zero-order valence-electron chi connectivity index (χ0n) is 10.5. The van der Waals surface area contributed by atoms with Crippen molar-refractivity contribution in [2.45, 2.75) is 12.6 Å². The van der Waals surface area contributed by atoms with Gasteiger partial charge in [-0.1, -0.05) is 6.07 Å². The Morgan fingerprint density at radius 3 is 2.62 bits per heavy atom. The van der Waals surface area contributed by atoms with Gasteiger partial charge in [0.05, 0.1) is 18.0 Å². The molecule has 0 radical (unpaired) electrons. The van der Waals surface area contributed by atoms with Gasteiger partial charge in [0.25, 0.3) is 0 Å². The molecule has 21 heavy (non-hydrogen) atoms. The van der Waals surface area contributed by atoms with Gasteiger partial charge in [-0.3, -0.25) is 10.1 Å². The zero-order valence-corrected chi connectivity index (χ0v) is 10.5. The van der Waals surface area contributed by atoms with Crippen LogP contribution < -0.4 is 4.74 Å². The molecule has 0 aliphatic carbocycles. The predicted molar refractivity (Wildman–Crippen MR) is 65.9 cm³/mol. The van der Waals surface area contributed by atoms with Gasteiger partial charge in [-0.25, -0.2) is 4.79 Å². The summed E-state index contributed by atoms with van der Waals surface area (Å²) in [6, 6.07) is 3.44. The van der Waals surface area contributed by atoms with Gasteiger partial charge in [0.15, 0.2) is 5.75 Å². The monoisotopic (exact) mass is 305 g/mol. The molecule has 0 heterocycles. The van der Waals surface area contributed by atoms with E-state index in [2.05, 4.69) is 0 Å². The molecular weight excluding hydrogens is 295 g/mol. The molecule has 1 aromatic carbocycles. The van der Waals surface area contributed by atoms with Crippen molar-refractivity contribution in [1.29, 1.82) is 0 Å². The molecule has 9 heteroatoms. The van der Waals surface area contributed by atoms with Crippen LogP contribution in [0.2, 0.25) is 0 Å². The number of carboxylic acid groups (broad SMARTS) is 1. The number of nitrogens with zero attached hydrogens (tertiary/aromatic N) is 1. The fourth-order valence-electron chi connectivity index (χ4n) is 1.35. The van der Waals surface area contributed by atoms with Crippen LogP contribution in [0.25, 0.3) is 6.08 Å². The summed E-state index contributed by atoms with van der Waals surface area (Å²) in [6.45, 7) is -0.741. The highest BCUT2D eigenvalue weighted by Gasteiger charge is 2.27. The number of nitro groups is 1. The third-order valence-corrected chi connectivity index (χ3v) is 2.24. The number of nitro benzene ring substituents is 1. The van der Waals surface area contributed by atoms with E-state index in [1.165, 1.54) is 6.07 Å². The second kappa shape index (κ2) is 6.73. The summed E-state index contributed by atoms with van der Waals surface area (Å²) >= 11 is 0. The maximum Gasteiger partial charge on any atom is 0.392 e. The Morgan fingerprint density at radius 1 is 1.43 bits per heavy atom. The van der Waals surface area contributed by atoms with E-state index in [-0.39, 0.29) is 11.3 Å². The first kappa shape index (κ1) is 16.5. The quantitative estimate of drug-likeness (QED) is 0.495. The molecule has 0 amide bonds. The molecule has 0 aliphatic heterocycles. The molecule has 1 rings (SSSR count). The standard InChI is InChI=1S/C12H10F3NO5/c13-12(14,15)5-6-21-10-3-1-8(2-4-11(17)18)7-9(10)16(19)20/h1-4,7H,5-6H2,(H,17,18). The van der Waals surface area contributed by atoms with E-state index >= 15 is 0 Å². The maximum absolute atomic E-state index is 12.0. The Bertz CT molecular complexity index is 569. The highest BCUT2D eigenvalue weighted by Crippen LogP contribution is 2.29. The van der Waals surface area contributed by atoms with Gasteiger partial charge in [0.2, 0.25) is 0 Å². The summed E-state index contributed by atoms with van der Waals surface area (Å²) in [6.07, 6.45) is -3.75. The van der Waals surface area contributed by atoms with Crippen molar-refractivity contribution in [2.24, 2.45) is 0 Å². The summed E-state index contributed by atoms with van der Waals surface area (Å²) in [5, 5.41) is 19.3. The number of hydrogen-bond donors (Lipinski definition) is 1. The number of aliphatic carboxylic acids is 1. The molecule has 6 nitrogen and oxygen atoms in total. The molecular formula is C12H10F3NO5. The summed E-state index contributed by atoms with van der Waals surface area (Å²) in [4.78, 5) is 20.4. The van der Waals surface area contributed by atoms with Gasteiger partial charge < -0.3 is 9.84 Å². The largest absolute Gasteiger partial charge is 0.486 e. The molecule has 0 fully saturated rings. The van der Waals surface area contributed by atoms with Crippen LogP contribution in [0.15, 0.2) is 24.3 Å². The first-order valence-electron chi connectivity index (χ1n) is 5.58. The molecule has 0 saturated carbocycles. The topological polar surface area (TPSA) is 89.7 Å². The van der Waals surface area contributed by atoms with E-state index in [4.69, 9.17) is 9.84 Å². The molecule has 0 bridgehead atoms.